The maximum atomic E-state index is 13.8. The normalized spacial score (nSPS) is 13.0. The van der Waals surface area contributed by atoms with Crippen LogP contribution in [-0.4, -0.2) is 220 Å². The lowest BCUT2D eigenvalue weighted by molar-refractivity contribution is -0.122. The minimum absolute atomic E-state index is 0.0103. The van der Waals surface area contributed by atoms with E-state index in [-0.39, 0.29) is 46.1 Å². The molecule has 28 nitrogen and oxygen atoms in total. The number of nitrogens with zero attached hydrogens (tertiary/aromatic N) is 7. The highest BCUT2D eigenvalue weighted by Crippen LogP contribution is 2.41. The molecule has 6 N–H and O–H groups in total. The van der Waals surface area contributed by atoms with Crippen LogP contribution in [0.4, 0.5) is 5.69 Å². The molecular weight excluding hydrogens is 1550 g/mol. The molecule has 0 aliphatic carbocycles. The summed E-state index contributed by atoms with van der Waals surface area (Å²) in [7, 11) is 0. The summed E-state index contributed by atoms with van der Waals surface area (Å²) < 4.78 is 41.8. The first-order chi connectivity index (χ1) is 58.5. The summed E-state index contributed by atoms with van der Waals surface area (Å²) in [4.78, 5) is 87.8. The van der Waals surface area contributed by atoms with Gasteiger partial charge in [0.05, 0.1) is 115 Å². The summed E-state index contributed by atoms with van der Waals surface area (Å²) in [5.41, 5.74) is 7.66. The first kappa shape index (κ1) is 108. The summed E-state index contributed by atoms with van der Waals surface area (Å²) in [5, 5.41) is 51.6. The molecule has 3 amide bonds. The highest BCUT2D eigenvalue weighted by molar-refractivity contribution is 8.00. The molecule has 2 unspecified atom stereocenters. The van der Waals surface area contributed by atoms with Gasteiger partial charge in [-0.05, 0) is 231 Å². The van der Waals surface area contributed by atoms with Crippen LogP contribution < -0.4 is 15.5 Å². The Morgan fingerprint density at radius 1 is 0.508 bits per heavy atom. The zero-order valence-electron chi connectivity index (χ0n) is 73.9. The molecule has 0 spiro atoms. The molecule has 29 heteroatoms. The molecule has 2 atom stereocenters. The number of unbranched alkanes of at least 4 members (excludes halogenated alkanes) is 14. The number of Topliss-reactive ketones (excluding diaryl/α,β-unsaturated/α-hetero) is 4. The van der Waals surface area contributed by atoms with Crippen molar-refractivity contribution in [2.24, 2.45) is 11.1 Å². The molecule has 0 bridgehead atoms. The van der Waals surface area contributed by atoms with Gasteiger partial charge in [-0.25, -0.2) is 4.68 Å². The van der Waals surface area contributed by atoms with Gasteiger partial charge in [0.15, 0.2) is 0 Å². The number of para-hydroxylation sites is 1. The minimum atomic E-state index is -0.0546. The topological polar surface area (TPSA) is 377 Å². The monoisotopic (exact) mass is 1700 g/mol. The van der Waals surface area contributed by atoms with Crippen molar-refractivity contribution in [2.75, 3.05) is 123 Å². The van der Waals surface area contributed by atoms with Gasteiger partial charge in [0, 0.05) is 101 Å². The first-order valence-electron chi connectivity index (χ1n) is 44.2. The van der Waals surface area contributed by atoms with Crippen molar-refractivity contribution in [3.05, 3.63) is 71.5 Å². The van der Waals surface area contributed by atoms with Gasteiger partial charge in [-0.2, -0.15) is 5.10 Å². The molecule has 4 heterocycles. The average molecular weight is 1700 g/mol. The van der Waals surface area contributed by atoms with Crippen molar-refractivity contribution >= 4 is 89.4 Å². The van der Waals surface area contributed by atoms with Gasteiger partial charge in [-0.15, -0.1) is 16.9 Å². The van der Waals surface area contributed by atoms with E-state index in [0.29, 0.717) is 188 Å². The fourth-order valence-electron chi connectivity index (χ4n) is 12.6. The third kappa shape index (κ3) is 55.2. The summed E-state index contributed by atoms with van der Waals surface area (Å²) in [6, 6.07) is 18.1. The van der Waals surface area contributed by atoms with Crippen molar-refractivity contribution in [1.82, 2.24) is 35.4 Å². The fourth-order valence-corrected chi connectivity index (χ4v) is 14.1. The molecule has 2 aliphatic heterocycles. The van der Waals surface area contributed by atoms with E-state index >= 15 is 0 Å². The van der Waals surface area contributed by atoms with E-state index in [1.54, 1.807) is 45.7 Å². The van der Waals surface area contributed by atoms with Gasteiger partial charge >= 0.3 is 0 Å². The number of ketones is 4. The molecule has 2 aliphatic rings. The molecule has 1 saturated heterocycles. The number of anilines is 1. The van der Waals surface area contributed by atoms with Gasteiger partial charge in [-0.1, -0.05) is 85.4 Å². The highest BCUT2D eigenvalue weighted by atomic mass is 32.2. The van der Waals surface area contributed by atoms with Crippen LogP contribution >= 0.6 is 11.8 Å². The van der Waals surface area contributed by atoms with Crippen molar-refractivity contribution in [2.45, 2.75) is 279 Å². The number of ether oxygens (including phenoxy) is 7. The van der Waals surface area contributed by atoms with Gasteiger partial charge in [0.25, 0.3) is 0 Å². The maximum absolute atomic E-state index is 13.8. The number of thioether (sulfide) groups is 1. The summed E-state index contributed by atoms with van der Waals surface area (Å²) in [6.45, 7) is 23.4. The molecule has 674 valence electrons. The average Bonchev–Trinajstić information content (AvgIpc) is 1.55. The van der Waals surface area contributed by atoms with Crippen LogP contribution in [0.15, 0.2) is 59.8 Å². The van der Waals surface area contributed by atoms with Crippen molar-refractivity contribution < 1.29 is 71.6 Å². The zero-order valence-corrected chi connectivity index (χ0v) is 74.7. The van der Waals surface area contributed by atoms with E-state index in [1.165, 1.54) is 49.1 Å². The van der Waals surface area contributed by atoms with E-state index in [4.69, 9.17) is 64.7 Å². The summed E-state index contributed by atoms with van der Waals surface area (Å²) in [5.74, 6) is 2.91. The number of carbonyl (C=O) groups excluding carboxylic acids is 7. The van der Waals surface area contributed by atoms with E-state index in [9.17, 15) is 33.6 Å². The van der Waals surface area contributed by atoms with Crippen LogP contribution in [0.5, 0.6) is 0 Å². The Labute approximate surface area is 721 Å². The number of oxime groups is 1. The Bertz CT molecular complexity index is 3450. The second kappa shape index (κ2) is 74.9. The van der Waals surface area contributed by atoms with E-state index in [2.05, 4.69) is 43.8 Å². The second-order valence-electron chi connectivity index (χ2n) is 29.6. The molecule has 1 fully saturated rings. The predicted octanol–water partition coefficient (Wildman–Crippen LogP) is 16.2. The fraction of sp³-hybridized carbons (Fsp3) is 0.681. The molecule has 0 saturated carbocycles. The second-order valence-corrected chi connectivity index (χ2v) is 30.9. The maximum Gasteiger partial charge on any atom is 0.233 e. The quantitative estimate of drug-likeness (QED) is 0.0136. The van der Waals surface area contributed by atoms with Gasteiger partial charge in [-0.3, -0.25) is 23.9 Å². The Morgan fingerprint density at radius 2 is 1.06 bits per heavy atom. The Kier molecular flexibility index (Phi) is 67.5. The van der Waals surface area contributed by atoms with Crippen molar-refractivity contribution in [3.8, 4) is 22.5 Å². The summed E-state index contributed by atoms with van der Waals surface area (Å²) in [6.07, 6.45) is 35.9. The molecule has 0 radical (unpaired) electrons. The molecule has 4 aromatic rings. The Hall–Kier alpha value is -7.90. The zero-order chi connectivity index (χ0) is 87.5. The lowest BCUT2D eigenvalue weighted by Crippen LogP contribution is -2.32. The van der Waals surface area contributed by atoms with Crippen molar-refractivity contribution in [3.63, 3.8) is 0 Å². The van der Waals surface area contributed by atoms with Gasteiger partial charge in [0.1, 0.15) is 35.4 Å². The van der Waals surface area contributed by atoms with E-state index in [0.717, 1.165) is 182 Å². The largest absolute Gasteiger partial charge is 0.396 e. The summed E-state index contributed by atoms with van der Waals surface area (Å²) >= 11 is 1.80. The first-order valence-corrected chi connectivity index (χ1v) is 45.3. The Morgan fingerprint density at radius 3 is 1.71 bits per heavy atom. The van der Waals surface area contributed by atoms with Crippen LogP contribution in [0.3, 0.4) is 0 Å². The van der Waals surface area contributed by atoms with Crippen molar-refractivity contribution in [1.29, 1.82) is 21.6 Å². The minimum Gasteiger partial charge on any atom is -0.396 e. The number of hydrogen-bond acceptors (Lipinski definition) is 24. The number of amides is 3. The number of carbonyl (C=O) groups is 7. The Balaban J connectivity index is 0.000000591. The third-order valence-electron chi connectivity index (χ3n) is 19.2. The molecule has 2 aromatic heterocycles. The number of fused-ring (bicyclic) bond motifs is 5. The number of aryl methyl sites for hydroxylation is 3. The number of benzene rings is 2. The van der Waals surface area contributed by atoms with Crippen LogP contribution in [0.2, 0.25) is 0 Å². The van der Waals surface area contributed by atoms with Crippen LogP contribution in [0.1, 0.15) is 258 Å². The molecule has 2 aromatic carbocycles. The predicted molar refractivity (Wildman–Crippen MR) is 481 cm³/mol. The number of rotatable bonds is 67. The SMILES string of the molecule is CC(=O)CCCCCC1CSC(C(=O)NCCCCCC=N)C1.CC(=O)CCCCO/N=C/CCCCC=N.CCOCCC(C)=O.CCOCCOCCOCCNC(=O)CCCCC(=O)N1Cc2ccccc2-c2c(nnn2CCOCCOCCOCCC=N)-c2ccccc21.CCc1cc(CCCCC=N)nn1CCCCCC(C)=O. The lowest BCUT2D eigenvalue weighted by atomic mass is 9.95. The number of hydrogen-bond donors (Lipinski definition) is 6. The van der Waals surface area contributed by atoms with Gasteiger partial charge < -0.3 is 89.5 Å². The van der Waals surface area contributed by atoms with Crippen LogP contribution in [0, 0.1) is 27.6 Å². The molecule has 6 rings (SSSR count). The molecule has 120 heavy (non-hydrogen) atoms. The smallest absolute Gasteiger partial charge is 0.233 e. The number of nitrogens with one attached hydrogen (secondary N) is 6. The third-order valence-corrected chi connectivity index (χ3v) is 20.7. The lowest BCUT2D eigenvalue weighted by Gasteiger charge is -2.28. The number of aromatic nitrogens is 5. The van der Waals surface area contributed by atoms with E-state index < -0.39 is 0 Å². The highest BCUT2D eigenvalue weighted by Gasteiger charge is 2.31. The standard InChI is InChI=1S/C38H54N6O8.C18H32N2O2S.C17H29N3O.C12H22N2O2.C6H12O2/c1-2-47-22-23-51-28-25-49-20-17-40-35(45)14-7-8-15-36(46)43-30-31-10-3-4-11-32(31)38-37(33-12-5-6-13-34(33)43)41-42-44(38)18-21-50-26-29-52-27-24-48-19-9-16-39;1-15(21)9-5-4-6-10-16-13-17(23-14-16)18(22)20-12-8-3-2-7-11-19;1-3-17-14-16(11-7-4-8-12-18)19-20(17)13-9-5-6-10-15(2)21;1-12(15)8-4-7-11-16-14-10-6-3-2-5-9-13;1-3-8-5-4-6(2)7/h3-6,10-13,16,39H,2,7-9,14-15,17-30H2,1H3,(H,40,45);11,16-17,19H,2-10,12-14H2,1H3,(H,20,22);12,14,18H,3-11,13H2,1-2H3;9-10,13H,2-8,11H2,1H3;3-5H2,1-2H3/b;;;13-9?,14-10+;. The van der Waals surface area contributed by atoms with Gasteiger partial charge in [0.2, 0.25) is 17.7 Å². The van der Waals surface area contributed by atoms with E-state index in [1.807, 2.05) is 72.0 Å². The van der Waals surface area contributed by atoms with Crippen LogP contribution in [-0.2, 0) is 104 Å². The van der Waals surface area contributed by atoms with Crippen LogP contribution in [0.25, 0.3) is 22.5 Å². The molecular formula is C91H149N13O15S.